The summed E-state index contributed by atoms with van der Waals surface area (Å²) in [7, 11) is -2.62. The first-order valence-corrected chi connectivity index (χ1v) is 13.3. The molecule has 0 unspecified atom stereocenters. The van der Waals surface area contributed by atoms with Gasteiger partial charge in [-0.25, -0.2) is 0 Å². The monoisotopic (exact) mass is 564 g/mol. The minimum Gasteiger partial charge on any atom is -0.477 e. The summed E-state index contributed by atoms with van der Waals surface area (Å²) < 4.78 is 12.7. The molecule has 0 saturated heterocycles. The van der Waals surface area contributed by atoms with Gasteiger partial charge in [-0.3, -0.25) is 0 Å². The van der Waals surface area contributed by atoms with Crippen molar-refractivity contribution in [2.24, 2.45) is 10.8 Å². The summed E-state index contributed by atoms with van der Waals surface area (Å²) >= 11 is 0. The number of aliphatic hydroxyl groups is 5. The van der Waals surface area contributed by atoms with Gasteiger partial charge in [-0.1, -0.05) is 78.9 Å². The van der Waals surface area contributed by atoms with E-state index in [2.05, 4.69) is 0 Å². The van der Waals surface area contributed by atoms with Crippen LogP contribution >= 0.6 is 8.60 Å². The molecule has 0 aromatic heterocycles. The van der Waals surface area contributed by atoms with E-state index in [9.17, 15) is 25.5 Å². The van der Waals surface area contributed by atoms with Crippen LogP contribution in [0.1, 0.15) is 11.1 Å². The Morgan fingerprint density at radius 3 is 1.28 bits per heavy atom. The van der Waals surface area contributed by atoms with Crippen LogP contribution in [0.4, 0.5) is 0 Å². The second-order valence-corrected chi connectivity index (χ2v) is 9.70. The number of hydrogen-bond donors (Lipinski definition) is 8. The van der Waals surface area contributed by atoms with E-state index in [1.807, 2.05) is 78.9 Å². The van der Waals surface area contributed by atoms with Crippen molar-refractivity contribution in [1.82, 2.24) is 0 Å². The first kappa shape index (κ1) is 32.7. The summed E-state index contributed by atoms with van der Waals surface area (Å²) in [6, 6.07) is 27.8. The Bertz CT molecular complexity index is 995. The lowest BCUT2D eigenvalue weighted by molar-refractivity contribution is -0.151. The lowest BCUT2D eigenvalue weighted by Crippen LogP contribution is -2.58. The molecule has 0 radical (unpaired) electrons. The summed E-state index contributed by atoms with van der Waals surface area (Å²) in [4.78, 5) is 21.7. The van der Waals surface area contributed by atoms with Gasteiger partial charge in [0.15, 0.2) is 5.60 Å². The van der Waals surface area contributed by atoms with Crippen molar-refractivity contribution in [3.8, 4) is 5.75 Å². The van der Waals surface area contributed by atoms with Crippen LogP contribution in [0.15, 0.2) is 91.0 Å². The molecule has 3 rings (SSSR count). The fraction of sp³-hybridized carbons (Fsp3) is 0.357. The van der Waals surface area contributed by atoms with E-state index in [-0.39, 0.29) is 13.2 Å². The minimum absolute atomic E-state index is 0.191. The van der Waals surface area contributed by atoms with Gasteiger partial charge in [-0.2, -0.15) is 0 Å². The molecule has 0 fully saturated rings. The van der Waals surface area contributed by atoms with Crippen LogP contribution in [0, 0.1) is 10.8 Å². The third-order valence-corrected chi connectivity index (χ3v) is 6.52. The maximum atomic E-state index is 10.8. The predicted octanol–water partition coefficient (Wildman–Crippen LogP) is 1.15. The largest absolute Gasteiger partial charge is 0.477 e. The smallest absolute Gasteiger partial charge is 0.324 e. The van der Waals surface area contributed by atoms with Crippen molar-refractivity contribution in [2.45, 2.75) is 5.60 Å². The summed E-state index contributed by atoms with van der Waals surface area (Å²) in [5.74, 6) is 0.530. The van der Waals surface area contributed by atoms with Crippen LogP contribution in [0.2, 0.25) is 0 Å². The van der Waals surface area contributed by atoms with Gasteiger partial charge in [-0.05, 0) is 12.1 Å². The van der Waals surface area contributed by atoms with E-state index in [0.717, 1.165) is 0 Å². The van der Waals surface area contributed by atoms with E-state index in [1.54, 1.807) is 12.1 Å². The Morgan fingerprint density at radius 2 is 0.923 bits per heavy atom. The molecule has 214 valence electrons. The molecule has 10 nitrogen and oxygen atoms in total. The van der Waals surface area contributed by atoms with Crippen LogP contribution in [0.25, 0.3) is 0 Å². The van der Waals surface area contributed by atoms with Gasteiger partial charge in [0.25, 0.3) is 0 Å². The predicted molar refractivity (Wildman–Crippen MR) is 145 cm³/mol. The highest BCUT2D eigenvalue weighted by molar-refractivity contribution is 7.38. The third-order valence-electron chi connectivity index (χ3n) is 6.52. The molecule has 3 aromatic rings. The van der Waals surface area contributed by atoms with E-state index >= 15 is 0 Å². The normalized spacial score (nSPS) is 12.1. The van der Waals surface area contributed by atoms with Gasteiger partial charge in [0.05, 0.1) is 57.1 Å². The maximum Gasteiger partial charge on any atom is 0.324 e. The number of rotatable bonds is 14. The third kappa shape index (κ3) is 8.03. The number of ether oxygens (including phenoxy) is 2. The van der Waals surface area contributed by atoms with Crippen molar-refractivity contribution >= 4 is 8.60 Å². The van der Waals surface area contributed by atoms with Crippen LogP contribution in [0.5, 0.6) is 5.75 Å². The summed E-state index contributed by atoms with van der Waals surface area (Å²) in [5, 5.41) is 50.8. The highest BCUT2D eigenvalue weighted by Gasteiger charge is 2.56. The van der Waals surface area contributed by atoms with Gasteiger partial charge in [0.2, 0.25) is 0 Å². The second-order valence-electron chi connectivity index (χ2n) is 9.16. The Morgan fingerprint density at radius 1 is 0.538 bits per heavy atom. The number of hydrogen-bond acceptors (Lipinski definition) is 10. The Labute approximate surface area is 229 Å². The zero-order valence-electron chi connectivity index (χ0n) is 21.5. The lowest BCUT2D eigenvalue weighted by atomic mass is 9.65. The summed E-state index contributed by atoms with van der Waals surface area (Å²) in [6.45, 7) is -2.88. The molecule has 3 aromatic carbocycles. The number of para-hydroxylation sites is 1. The molecule has 0 atom stereocenters. The van der Waals surface area contributed by atoms with Crippen molar-refractivity contribution < 1.29 is 49.7 Å². The van der Waals surface area contributed by atoms with Crippen molar-refractivity contribution in [3.05, 3.63) is 102 Å². The van der Waals surface area contributed by atoms with Crippen LogP contribution in [-0.2, 0) is 10.3 Å². The lowest BCUT2D eigenvalue weighted by Gasteiger charge is -2.49. The van der Waals surface area contributed by atoms with Gasteiger partial charge in [0.1, 0.15) is 5.75 Å². The van der Waals surface area contributed by atoms with Crippen LogP contribution < -0.4 is 4.74 Å². The Kier molecular flexibility index (Phi) is 13.4. The van der Waals surface area contributed by atoms with Gasteiger partial charge >= 0.3 is 8.60 Å². The molecule has 0 aliphatic carbocycles. The highest BCUT2D eigenvalue weighted by Crippen LogP contribution is 2.49. The minimum atomic E-state index is -2.62. The second kappa shape index (κ2) is 16.0. The molecule has 0 heterocycles. The average Bonchev–Trinajstić information content (AvgIpc) is 2.98. The molecular weight excluding hydrogens is 527 g/mol. The number of aliphatic hydroxyl groups excluding tert-OH is 5. The number of benzene rings is 3. The van der Waals surface area contributed by atoms with E-state index in [1.165, 1.54) is 0 Å². The quantitative estimate of drug-likeness (QED) is 0.132. The average molecular weight is 565 g/mol. The topological polar surface area (TPSA) is 180 Å². The first-order chi connectivity index (χ1) is 18.8. The molecule has 0 spiro atoms. The zero-order chi connectivity index (χ0) is 28.8. The Hall–Kier alpha value is -2.47. The maximum absolute atomic E-state index is 10.8. The molecule has 0 amide bonds. The van der Waals surface area contributed by atoms with Crippen LogP contribution in [-0.4, -0.2) is 86.5 Å². The highest BCUT2D eigenvalue weighted by atomic mass is 31.2. The van der Waals surface area contributed by atoms with E-state index < -0.39 is 58.1 Å². The molecule has 0 aliphatic heterocycles. The zero-order valence-corrected chi connectivity index (χ0v) is 22.3. The van der Waals surface area contributed by atoms with Crippen molar-refractivity contribution in [1.29, 1.82) is 0 Å². The summed E-state index contributed by atoms with van der Waals surface area (Å²) in [6.07, 6.45) is 0. The molecule has 0 saturated carbocycles. The fourth-order valence-corrected chi connectivity index (χ4v) is 4.23. The van der Waals surface area contributed by atoms with Crippen molar-refractivity contribution in [2.75, 3.05) is 46.2 Å². The Balaban J connectivity index is 0.00000124. The van der Waals surface area contributed by atoms with E-state index in [0.29, 0.717) is 16.9 Å². The van der Waals surface area contributed by atoms with Gasteiger partial charge in [-0.15, -0.1) is 0 Å². The first-order valence-electron chi connectivity index (χ1n) is 12.1. The van der Waals surface area contributed by atoms with Gasteiger partial charge in [0, 0.05) is 11.1 Å². The molecule has 8 N–H and O–H groups in total. The standard InChI is InChI=1S/C28H34O7.H3O3P/c29-16-26(17-30,18-31)21-34-22-27(19-32,20-33)28(23-10-4-1-5-11-23,24-12-6-2-7-13-24)35-25-14-8-3-9-15-25;1-4(2)3/h1-15,29-33H,16-22H2;1-3H. The SMILES string of the molecule is OCC(CO)(CO)COCC(CO)(CO)C(Oc1ccccc1)(c1ccccc1)c1ccccc1.OP(O)O. The van der Waals surface area contributed by atoms with Crippen molar-refractivity contribution in [3.63, 3.8) is 0 Å². The molecule has 0 aliphatic rings. The molecule has 39 heavy (non-hydrogen) atoms. The fourth-order valence-electron chi connectivity index (χ4n) is 4.23. The van der Waals surface area contributed by atoms with Crippen LogP contribution in [0.3, 0.4) is 0 Å². The van der Waals surface area contributed by atoms with Gasteiger partial charge < -0.3 is 49.7 Å². The molecule has 11 heteroatoms. The molecular formula is C28H37O10P. The van der Waals surface area contributed by atoms with E-state index in [4.69, 9.17) is 24.2 Å². The summed E-state index contributed by atoms with van der Waals surface area (Å²) in [5.41, 5.74) is -2.67. The molecule has 0 bridgehead atoms.